The number of aliphatic imine (C=N–C) groups is 1. The molecule has 0 unspecified atom stereocenters. The fourth-order valence-corrected chi connectivity index (χ4v) is 2.63. The average Bonchev–Trinajstić information content (AvgIpc) is 2.59. The van der Waals surface area contributed by atoms with Crippen LogP contribution in [-0.4, -0.2) is 18.0 Å². The van der Waals surface area contributed by atoms with Crippen molar-refractivity contribution in [3.8, 4) is 0 Å². The van der Waals surface area contributed by atoms with Gasteiger partial charge in [0.15, 0.2) is 5.96 Å². The Morgan fingerprint density at radius 1 is 1.44 bits per heavy atom. The monoisotopic (exact) mass is 445 g/mol. The minimum atomic E-state index is 0. The molecule has 1 rings (SSSR count). The largest absolute Gasteiger partial charge is 0.357 e. The van der Waals surface area contributed by atoms with E-state index in [4.69, 9.17) is 0 Å². The molecule has 0 saturated carbocycles. The van der Waals surface area contributed by atoms with Gasteiger partial charge in [0, 0.05) is 26.8 Å². The number of hydrogen-bond donors (Lipinski definition) is 2. The van der Waals surface area contributed by atoms with Crippen molar-refractivity contribution < 1.29 is 0 Å². The summed E-state index contributed by atoms with van der Waals surface area (Å²) in [6.07, 6.45) is 0. The molecule has 0 aliphatic heterocycles. The first-order valence-corrected chi connectivity index (χ1v) is 7.37. The Labute approximate surface area is 139 Å². The van der Waals surface area contributed by atoms with E-state index >= 15 is 0 Å². The number of nitrogens with one attached hydrogen (secondary N) is 2. The summed E-state index contributed by atoms with van der Waals surface area (Å²) in [4.78, 5) is 5.82. The Kier molecular flexibility index (Phi) is 8.45. The summed E-state index contributed by atoms with van der Waals surface area (Å²) in [6.45, 7) is 10.0. The zero-order valence-electron chi connectivity index (χ0n) is 11.2. The quantitative estimate of drug-likeness (QED) is 0.419. The summed E-state index contributed by atoms with van der Waals surface area (Å²) in [7, 11) is 0. The molecule has 0 fully saturated rings. The molecule has 18 heavy (non-hydrogen) atoms. The van der Waals surface area contributed by atoms with Crippen LogP contribution < -0.4 is 10.6 Å². The van der Waals surface area contributed by atoms with Crippen molar-refractivity contribution >= 4 is 57.2 Å². The van der Waals surface area contributed by atoms with Gasteiger partial charge in [-0.1, -0.05) is 0 Å². The van der Waals surface area contributed by atoms with Crippen molar-refractivity contribution in [3.05, 3.63) is 20.8 Å². The van der Waals surface area contributed by atoms with Crippen LogP contribution in [0.5, 0.6) is 0 Å². The normalized spacial score (nSPS) is 11.9. The van der Waals surface area contributed by atoms with Crippen LogP contribution in [0, 0.1) is 0 Å². The van der Waals surface area contributed by atoms with Crippen molar-refractivity contribution in [2.24, 2.45) is 4.99 Å². The molecule has 1 heterocycles. The van der Waals surface area contributed by atoms with Crippen LogP contribution in [0.1, 0.15) is 32.6 Å². The Hall–Kier alpha value is 0.180. The van der Waals surface area contributed by atoms with Gasteiger partial charge in [-0.25, -0.2) is 4.99 Å². The number of guanidine groups is 1. The summed E-state index contributed by atoms with van der Waals surface area (Å²) in [5.41, 5.74) is 0.0248. The maximum absolute atomic E-state index is 4.57. The SMILES string of the molecule is CCNC(=NCc1cc(Br)cs1)NC(C)(C)C.I. The van der Waals surface area contributed by atoms with Gasteiger partial charge < -0.3 is 10.6 Å². The fraction of sp³-hybridized carbons (Fsp3) is 0.583. The Morgan fingerprint density at radius 3 is 2.56 bits per heavy atom. The maximum atomic E-state index is 4.57. The van der Waals surface area contributed by atoms with Crippen molar-refractivity contribution in [2.75, 3.05) is 6.54 Å². The van der Waals surface area contributed by atoms with Gasteiger partial charge in [-0.05, 0) is 49.7 Å². The second-order valence-electron chi connectivity index (χ2n) is 4.80. The molecule has 1 aromatic rings. The van der Waals surface area contributed by atoms with Crippen LogP contribution in [-0.2, 0) is 6.54 Å². The van der Waals surface area contributed by atoms with Gasteiger partial charge in [0.1, 0.15) is 0 Å². The van der Waals surface area contributed by atoms with Gasteiger partial charge in [0.25, 0.3) is 0 Å². The highest BCUT2D eigenvalue weighted by molar-refractivity contribution is 14.0. The average molecular weight is 446 g/mol. The molecular weight excluding hydrogens is 425 g/mol. The number of nitrogens with zero attached hydrogens (tertiary/aromatic N) is 1. The van der Waals surface area contributed by atoms with Crippen LogP contribution in [0.25, 0.3) is 0 Å². The zero-order valence-corrected chi connectivity index (χ0v) is 15.9. The summed E-state index contributed by atoms with van der Waals surface area (Å²) >= 11 is 5.17. The highest BCUT2D eigenvalue weighted by Crippen LogP contribution is 2.20. The van der Waals surface area contributed by atoms with Crippen LogP contribution in [0.3, 0.4) is 0 Å². The molecule has 0 bridgehead atoms. The number of halogens is 2. The minimum absolute atomic E-state index is 0. The molecule has 0 aromatic carbocycles. The van der Waals surface area contributed by atoms with Gasteiger partial charge in [0.05, 0.1) is 6.54 Å². The van der Waals surface area contributed by atoms with Crippen molar-refractivity contribution in [1.82, 2.24) is 10.6 Å². The van der Waals surface area contributed by atoms with E-state index in [1.165, 1.54) is 4.88 Å². The molecular formula is C12H21BrIN3S. The molecule has 0 amide bonds. The number of thiophene rings is 1. The Balaban J connectivity index is 0.00000289. The van der Waals surface area contributed by atoms with Gasteiger partial charge in [0.2, 0.25) is 0 Å². The second kappa shape index (κ2) is 8.37. The lowest BCUT2D eigenvalue weighted by atomic mass is 10.1. The predicted octanol–water partition coefficient (Wildman–Crippen LogP) is 3.98. The molecule has 0 aliphatic carbocycles. The van der Waals surface area contributed by atoms with Crippen LogP contribution in [0.2, 0.25) is 0 Å². The van der Waals surface area contributed by atoms with E-state index < -0.39 is 0 Å². The third kappa shape index (κ3) is 7.58. The fourth-order valence-electron chi connectivity index (χ4n) is 1.26. The first kappa shape index (κ1) is 18.2. The molecule has 0 radical (unpaired) electrons. The van der Waals surface area contributed by atoms with Crippen molar-refractivity contribution in [2.45, 2.75) is 39.8 Å². The summed E-state index contributed by atoms with van der Waals surface area (Å²) in [5, 5.41) is 8.69. The molecule has 6 heteroatoms. The van der Waals surface area contributed by atoms with E-state index in [1.807, 2.05) is 0 Å². The van der Waals surface area contributed by atoms with E-state index in [0.29, 0.717) is 6.54 Å². The topological polar surface area (TPSA) is 36.4 Å². The van der Waals surface area contributed by atoms with Gasteiger partial charge >= 0.3 is 0 Å². The molecule has 0 aliphatic rings. The van der Waals surface area contributed by atoms with Crippen LogP contribution >= 0.6 is 51.2 Å². The Bertz CT molecular complexity index is 385. The Morgan fingerprint density at radius 2 is 2.11 bits per heavy atom. The standard InChI is InChI=1S/C12H20BrN3S.HI/c1-5-14-11(16-12(2,3)4)15-7-10-6-9(13)8-17-10;/h6,8H,5,7H2,1-4H3,(H2,14,15,16);1H. The number of hydrogen-bond acceptors (Lipinski definition) is 2. The van der Waals surface area contributed by atoms with E-state index in [0.717, 1.165) is 17.0 Å². The van der Waals surface area contributed by atoms with E-state index in [1.54, 1.807) is 11.3 Å². The molecule has 0 saturated heterocycles. The van der Waals surface area contributed by atoms with Crippen LogP contribution in [0.15, 0.2) is 20.9 Å². The third-order valence-electron chi connectivity index (χ3n) is 1.85. The van der Waals surface area contributed by atoms with Gasteiger partial charge in [-0.2, -0.15) is 0 Å². The lowest BCUT2D eigenvalue weighted by Gasteiger charge is -2.23. The maximum Gasteiger partial charge on any atom is 0.192 e. The van der Waals surface area contributed by atoms with E-state index in [2.05, 4.69) is 70.7 Å². The van der Waals surface area contributed by atoms with Crippen LogP contribution in [0.4, 0.5) is 0 Å². The summed E-state index contributed by atoms with van der Waals surface area (Å²) in [6, 6.07) is 2.11. The van der Waals surface area contributed by atoms with E-state index in [-0.39, 0.29) is 29.5 Å². The molecule has 2 N–H and O–H groups in total. The molecule has 3 nitrogen and oxygen atoms in total. The molecule has 1 aromatic heterocycles. The lowest BCUT2D eigenvalue weighted by molar-refractivity contribution is 0.501. The smallest absolute Gasteiger partial charge is 0.192 e. The second-order valence-corrected chi connectivity index (χ2v) is 6.71. The predicted molar refractivity (Wildman–Crippen MR) is 95.1 cm³/mol. The van der Waals surface area contributed by atoms with E-state index in [9.17, 15) is 0 Å². The zero-order chi connectivity index (χ0) is 12.9. The van der Waals surface area contributed by atoms with Gasteiger partial charge in [-0.3, -0.25) is 0 Å². The highest BCUT2D eigenvalue weighted by Gasteiger charge is 2.11. The first-order chi connectivity index (χ1) is 7.90. The highest BCUT2D eigenvalue weighted by atomic mass is 127. The summed E-state index contributed by atoms with van der Waals surface area (Å²) in [5.74, 6) is 0.865. The molecule has 0 spiro atoms. The lowest BCUT2D eigenvalue weighted by Crippen LogP contribution is -2.47. The van der Waals surface area contributed by atoms with Gasteiger partial charge in [-0.15, -0.1) is 35.3 Å². The minimum Gasteiger partial charge on any atom is -0.357 e. The summed E-state index contributed by atoms with van der Waals surface area (Å²) < 4.78 is 1.13. The molecule has 104 valence electrons. The molecule has 0 atom stereocenters. The first-order valence-electron chi connectivity index (χ1n) is 5.70. The third-order valence-corrected chi connectivity index (χ3v) is 3.53. The van der Waals surface area contributed by atoms with Crippen molar-refractivity contribution in [1.29, 1.82) is 0 Å². The van der Waals surface area contributed by atoms with Crippen molar-refractivity contribution in [3.63, 3.8) is 0 Å². The number of rotatable bonds is 3.